The van der Waals surface area contributed by atoms with Crippen LogP contribution in [-0.2, 0) is 0 Å². The first-order valence-electron chi connectivity index (χ1n) is 6.26. The van der Waals surface area contributed by atoms with Crippen LogP contribution in [0.25, 0.3) is 0 Å². The Morgan fingerprint density at radius 2 is 1.95 bits per heavy atom. The van der Waals surface area contributed by atoms with Gasteiger partial charge in [0.15, 0.2) is 0 Å². The van der Waals surface area contributed by atoms with Crippen molar-refractivity contribution in [3.63, 3.8) is 0 Å². The SMILES string of the molecule is Cc1ccc(Oc2ccc([N+](=O)[O-])c(C)c2)c(C(=N)N)c1. The van der Waals surface area contributed by atoms with Gasteiger partial charge in [0, 0.05) is 11.6 Å². The summed E-state index contributed by atoms with van der Waals surface area (Å²) in [6, 6.07) is 9.84. The van der Waals surface area contributed by atoms with Gasteiger partial charge in [-0.15, -0.1) is 0 Å². The Balaban J connectivity index is 2.37. The van der Waals surface area contributed by atoms with Gasteiger partial charge in [0.1, 0.15) is 17.3 Å². The van der Waals surface area contributed by atoms with Gasteiger partial charge in [-0.05, 0) is 38.1 Å². The number of nitrogen functional groups attached to an aromatic ring is 1. The van der Waals surface area contributed by atoms with E-state index >= 15 is 0 Å². The molecular weight excluding hydrogens is 270 g/mol. The predicted molar refractivity (Wildman–Crippen MR) is 80.1 cm³/mol. The summed E-state index contributed by atoms with van der Waals surface area (Å²) in [6.07, 6.45) is 0. The number of amidine groups is 1. The Morgan fingerprint density at radius 3 is 2.52 bits per heavy atom. The highest BCUT2D eigenvalue weighted by Gasteiger charge is 2.13. The molecule has 0 radical (unpaired) electrons. The number of aryl methyl sites for hydroxylation is 2. The Labute approximate surface area is 121 Å². The Bertz CT molecular complexity index is 726. The molecule has 0 aliphatic rings. The summed E-state index contributed by atoms with van der Waals surface area (Å²) in [4.78, 5) is 10.4. The van der Waals surface area contributed by atoms with Gasteiger partial charge >= 0.3 is 0 Å². The molecule has 0 bridgehead atoms. The van der Waals surface area contributed by atoms with Gasteiger partial charge < -0.3 is 10.5 Å². The van der Waals surface area contributed by atoms with Gasteiger partial charge in [0.2, 0.25) is 0 Å². The number of rotatable bonds is 4. The molecule has 2 rings (SSSR count). The molecule has 3 N–H and O–H groups in total. The van der Waals surface area contributed by atoms with E-state index in [1.807, 2.05) is 13.0 Å². The lowest BCUT2D eigenvalue weighted by molar-refractivity contribution is -0.385. The Morgan fingerprint density at radius 1 is 1.24 bits per heavy atom. The summed E-state index contributed by atoms with van der Waals surface area (Å²) in [6.45, 7) is 3.54. The maximum absolute atomic E-state index is 10.8. The summed E-state index contributed by atoms with van der Waals surface area (Å²) in [7, 11) is 0. The molecule has 2 aromatic carbocycles. The van der Waals surface area contributed by atoms with E-state index in [0.717, 1.165) is 5.56 Å². The molecule has 0 fully saturated rings. The molecule has 2 aromatic rings. The van der Waals surface area contributed by atoms with Crippen molar-refractivity contribution in [2.45, 2.75) is 13.8 Å². The van der Waals surface area contributed by atoms with E-state index in [1.165, 1.54) is 12.1 Å². The average Bonchev–Trinajstić information content (AvgIpc) is 2.40. The average molecular weight is 285 g/mol. The van der Waals surface area contributed by atoms with Crippen molar-refractivity contribution >= 4 is 11.5 Å². The molecule has 0 unspecified atom stereocenters. The molecule has 0 aliphatic carbocycles. The lowest BCUT2D eigenvalue weighted by Crippen LogP contribution is -2.12. The summed E-state index contributed by atoms with van der Waals surface area (Å²) >= 11 is 0. The van der Waals surface area contributed by atoms with Gasteiger partial charge in [-0.3, -0.25) is 15.5 Å². The van der Waals surface area contributed by atoms with Crippen LogP contribution < -0.4 is 10.5 Å². The first-order valence-corrected chi connectivity index (χ1v) is 6.26. The van der Waals surface area contributed by atoms with Crippen molar-refractivity contribution in [3.05, 3.63) is 63.2 Å². The van der Waals surface area contributed by atoms with Crippen LogP contribution in [0.5, 0.6) is 11.5 Å². The third-order valence-electron chi connectivity index (χ3n) is 3.02. The van der Waals surface area contributed by atoms with Crippen LogP contribution in [0.2, 0.25) is 0 Å². The largest absolute Gasteiger partial charge is 0.457 e. The molecule has 0 atom stereocenters. The van der Waals surface area contributed by atoms with E-state index in [2.05, 4.69) is 0 Å². The molecule has 0 heterocycles. The van der Waals surface area contributed by atoms with Crippen molar-refractivity contribution in [2.75, 3.05) is 0 Å². The second kappa shape index (κ2) is 5.62. The molecule has 0 spiro atoms. The number of nitrogens with zero attached hydrogens (tertiary/aromatic N) is 1. The number of nitro groups is 1. The fourth-order valence-electron chi connectivity index (χ4n) is 1.97. The van der Waals surface area contributed by atoms with E-state index in [1.54, 1.807) is 25.1 Å². The molecule has 6 nitrogen and oxygen atoms in total. The van der Waals surface area contributed by atoms with Crippen LogP contribution in [0, 0.1) is 29.4 Å². The molecule has 0 amide bonds. The van der Waals surface area contributed by atoms with E-state index in [-0.39, 0.29) is 11.5 Å². The maximum atomic E-state index is 10.8. The molecule has 0 aromatic heterocycles. The summed E-state index contributed by atoms with van der Waals surface area (Å²) in [5.41, 5.74) is 7.55. The summed E-state index contributed by atoms with van der Waals surface area (Å²) < 4.78 is 5.70. The van der Waals surface area contributed by atoms with E-state index < -0.39 is 4.92 Å². The highest BCUT2D eigenvalue weighted by Crippen LogP contribution is 2.29. The van der Waals surface area contributed by atoms with Gasteiger partial charge in [0.25, 0.3) is 5.69 Å². The number of nitro benzene ring substituents is 1. The van der Waals surface area contributed by atoms with Crippen LogP contribution in [-0.4, -0.2) is 10.8 Å². The second-order valence-electron chi connectivity index (χ2n) is 4.72. The van der Waals surface area contributed by atoms with Crippen molar-refractivity contribution in [2.24, 2.45) is 5.73 Å². The maximum Gasteiger partial charge on any atom is 0.272 e. The zero-order chi connectivity index (χ0) is 15.6. The smallest absolute Gasteiger partial charge is 0.272 e. The lowest BCUT2D eigenvalue weighted by atomic mass is 10.1. The van der Waals surface area contributed by atoms with Gasteiger partial charge in [0.05, 0.1) is 10.5 Å². The van der Waals surface area contributed by atoms with Gasteiger partial charge in [-0.25, -0.2) is 0 Å². The van der Waals surface area contributed by atoms with Crippen molar-refractivity contribution in [1.29, 1.82) is 5.41 Å². The number of ether oxygens (including phenoxy) is 1. The highest BCUT2D eigenvalue weighted by molar-refractivity contribution is 5.97. The van der Waals surface area contributed by atoms with Crippen LogP contribution in [0.1, 0.15) is 16.7 Å². The van der Waals surface area contributed by atoms with Crippen LogP contribution in [0.3, 0.4) is 0 Å². The number of hydrogen-bond donors (Lipinski definition) is 2. The Kier molecular flexibility index (Phi) is 3.89. The highest BCUT2D eigenvalue weighted by atomic mass is 16.6. The molecular formula is C15H15N3O3. The zero-order valence-corrected chi connectivity index (χ0v) is 11.7. The first-order chi connectivity index (χ1) is 9.88. The Hall–Kier alpha value is -2.89. The molecule has 6 heteroatoms. The van der Waals surface area contributed by atoms with E-state index in [0.29, 0.717) is 22.6 Å². The van der Waals surface area contributed by atoms with E-state index in [9.17, 15) is 10.1 Å². The standard InChI is InChI=1S/C15H15N3O3/c1-9-3-6-14(12(7-9)15(16)17)21-11-4-5-13(18(19)20)10(2)8-11/h3-8H,1-2H3,(H3,16,17). The quantitative estimate of drug-likeness (QED) is 0.389. The van der Waals surface area contributed by atoms with Crippen LogP contribution >= 0.6 is 0 Å². The molecule has 0 aliphatic heterocycles. The first kappa shape index (κ1) is 14.5. The lowest BCUT2D eigenvalue weighted by Gasteiger charge is -2.11. The minimum Gasteiger partial charge on any atom is -0.457 e. The van der Waals surface area contributed by atoms with Crippen molar-refractivity contribution in [3.8, 4) is 11.5 Å². The number of nitrogens with one attached hydrogen (secondary N) is 1. The van der Waals surface area contributed by atoms with Gasteiger partial charge in [-0.2, -0.15) is 0 Å². The van der Waals surface area contributed by atoms with Crippen molar-refractivity contribution in [1.82, 2.24) is 0 Å². The van der Waals surface area contributed by atoms with Crippen LogP contribution in [0.4, 0.5) is 5.69 Å². The summed E-state index contributed by atoms with van der Waals surface area (Å²) in [5, 5.41) is 18.4. The third kappa shape index (κ3) is 3.17. The molecule has 0 saturated carbocycles. The summed E-state index contributed by atoms with van der Waals surface area (Å²) in [5.74, 6) is 0.818. The van der Waals surface area contributed by atoms with Crippen molar-refractivity contribution < 1.29 is 9.66 Å². The number of hydrogen-bond acceptors (Lipinski definition) is 4. The number of nitrogens with two attached hydrogens (primary N) is 1. The fraction of sp³-hybridized carbons (Fsp3) is 0.133. The number of benzene rings is 2. The molecule has 21 heavy (non-hydrogen) atoms. The topological polar surface area (TPSA) is 102 Å². The van der Waals surface area contributed by atoms with E-state index in [4.69, 9.17) is 15.9 Å². The van der Waals surface area contributed by atoms with Crippen LogP contribution in [0.15, 0.2) is 36.4 Å². The van der Waals surface area contributed by atoms with Gasteiger partial charge in [-0.1, -0.05) is 11.6 Å². The third-order valence-corrected chi connectivity index (χ3v) is 3.02. The minimum atomic E-state index is -0.439. The predicted octanol–water partition coefficient (Wildman–Crippen LogP) is 3.29. The monoisotopic (exact) mass is 285 g/mol. The minimum absolute atomic E-state index is 0.0399. The fourth-order valence-corrected chi connectivity index (χ4v) is 1.97. The normalized spacial score (nSPS) is 10.2. The molecule has 0 saturated heterocycles. The zero-order valence-electron chi connectivity index (χ0n) is 11.7. The second-order valence-corrected chi connectivity index (χ2v) is 4.72. The molecule has 108 valence electrons.